The fraction of sp³-hybridized carbons (Fsp3) is 0.316. The van der Waals surface area contributed by atoms with Gasteiger partial charge in [-0.3, -0.25) is 4.79 Å². The van der Waals surface area contributed by atoms with Gasteiger partial charge in [0.1, 0.15) is 6.54 Å². The predicted octanol–water partition coefficient (Wildman–Crippen LogP) is 3.36. The molecule has 5 heteroatoms. The van der Waals surface area contributed by atoms with Crippen LogP contribution in [0.2, 0.25) is 0 Å². The number of carbonyl (C=O) groups excluding carboxylic acids is 1. The van der Waals surface area contributed by atoms with Gasteiger partial charge in [0.15, 0.2) is 0 Å². The summed E-state index contributed by atoms with van der Waals surface area (Å²) in [6, 6.07) is 16.3. The van der Waals surface area contributed by atoms with Gasteiger partial charge in [-0.1, -0.05) is 28.1 Å². The predicted molar refractivity (Wildman–Crippen MR) is 104 cm³/mol. The van der Waals surface area contributed by atoms with E-state index in [2.05, 4.69) is 33.4 Å². The molecule has 2 aromatic carbocycles. The third-order valence-electron chi connectivity index (χ3n) is 4.19. The number of carbonyl (C=O) groups is 1. The maximum atomic E-state index is 12.1. The normalized spacial score (nSPS) is 14.7. The zero-order valence-electron chi connectivity index (χ0n) is 13.6. The van der Waals surface area contributed by atoms with Crippen LogP contribution in [0.15, 0.2) is 57.9 Å². The number of quaternary nitrogens is 1. The maximum Gasteiger partial charge on any atom is 0.234 e. The standard InChI is InChI=1S/C19H21BrN2OS/c20-16-5-9-18(10-6-16)24-14-19(23)21-17-7-3-15(4-8-17)13-22-11-1-2-12-22/h3-10H,1-2,11-14H2,(H,21,23)/p+1. The van der Waals surface area contributed by atoms with Gasteiger partial charge in [-0.05, 0) is 36.4 Å². The highest BCUT2D eigenvalue weighted by Crippen LogP contribution is 2.21. The Hall–Kier alpha value is -1.30. The Morgan fingerprint density at radius 2 is 1.71 bits per heavy atom. The number of rotatable bonds is 6. The largest absolute Gasteiger partial charge is 0.331 e. The van der Waals surface area contributed by atoms with Crippen molar-refractivity contribution in [1.82, 2.24) is 0 Å². The van der Waals surface area contributed by atoms with Gasteiger partial charge in [0.05, 0.1) is 18.8 Å². The Kier molecular flexibility index (Phi) is 6.35. The second kappa shape index (κ2) is 8.70. The third-order valence-corrected chi connectivity index (χ3v) is 5.73. The van der Waals surface area contributed by atoms with Gasteiger partial charge in [0, 0.05) is 33.5 Å². The first-order valence-electron chi connectivity index (χ1n) is 8.30. The van der Waals surface area contributed by atoms with E-state index in [1.165, 1.54) is 31.5 Å². The number of thioether (sulfide) groups is 1. The highest BCUT2D eigenvalue weighted by Gasteiger charge is 2.15. The number of hydrogen-bond donors (Lipinski definition) is 2. The molecule has 2 N–H and O–H groups in total. The Bertz CT molecular complexity index is 667. The lowest BCUT2D eigenvalue weighted by molar-refractivity contribution is -0.901. The number of benzene rings is 2. The summed E-state index contributed by atoms with van der Waals surface area (Å²) in [7, 11) is 0. The lowest BCUT2D eigenvalue weighted by Crippen LogP contribution is -3.08. The topological polar surface area (TPSA) is 33.5 Å². The van der Waals surface area contributed by atoms with Crippen molar-refractivity contribution in [3.05, 3.63) is 58.6 Å². The second-order valence-electron chi connectivity index (χ2n) is 6.12. The summed E-state index contributed by atoms with van der Waals surface area (Å²) in [5.74, 6) is 0.447. The average molecular weight is 406 g/mol. The fourth-order valence-corrected chi connectivity index (χ4v) is 3.89. The molecule has 3 nitrogen and oxygen atoms in total. The lowest BCUT2D eigenvalue weighted by Gasteiger charge is -2.12. The van der Waals surface area contributed by atoms with E-state index >= 15 is 0 Å². The van der Waals surface area contributed by atoms with Crippen LogP contribution < -0.4 is 10.2 Å². The van der Waals surface area contributed by atoms with E-state index in [-0.39, 0.29) is 5.91 Å². The number of halogens is 1. The molecule has 0 radical (unpaired) electrons. The van der Waals surface area contributed by atoms with Crippen LogP contribution in [0.1, 0.15) is 18.4 Å². The van der Waals surface area contributed by atoms with Gasteiger partial charge in [0.2, 0.25) is 5.91 Å². The zero-order chi connectivity index (χ0) is 16.8. The summed E-state index contributed by atoms with van der Waals surface area (Å²) in [6.45, 7) is 3.66. The van der Waals surface area contributed by atoms with Crippen molar-refractivity contribution < 1.29 is 9.69 Å². The molecule has 1 aliphatic heterocycles. The van der Waals surface area contributed by atoms with Gasteiger partial charge in [-0.25, -0.2) is 0 Å². The molecule has 2 aromatic rings. The van der Waals surface area contributed by atoms with Crippen molar-refractivity contribution >= 4 is 39.3 Å². The zero-order valence-corrected chi connectivity index (χ0v) is 16.0. The Labute approximate surface area is 155 Å². The first-order chi connectivity index (χ1) is 11.7. The van der Waals surface area contributed by atoms with E-state index in [1.54, 1.807) is 16.7 Å². The molecule has 126 valence electrons. The maximum absolute atomic E-state index is 12.1. The van der Waals surface area contributed by atoms with Crippen LogP contribution in [0, 0.1) is 0 Å². The Balaban J connectivity index is 1.46. The van der Waals surface area contributed by atoms with Crippen LogP contribution in [0.25, 0.3) is 0 Å². The minimum Gasteiger partial charge on any atom is -0.331 e. The summed E-state index contributed by atoms with van der Waals surface area (Å²) >= 11 is 4.96. The quantitative estimate of drug-likeness (QED) is 0.722. The Morgan fingerprint density at radius 3 is 2.38 bits per heavy atom. The molecule has 0 aliphatic carbocycles. The molecule has 1 fully saturated rings. The van der Waals surface area contributed by atoms with Crippen molar-refractivity contribution in [1.29, 1.82) is 0 Å². The summed E-state index contributed by atoms with van der Waals surface area (Å²) in [4.78, 5) is 14.8. The minimum absolute atomic E-state index is 0.0286. The molecule has 1 amide bonds. The van der Waals surface area contributed by atoms with E-state index in [1.807, 2.05) is 36.4 Å². The molecule has 0 spiro atoms. The number of amides is 1. The molecule has 3 rings (SSSR count). The fourth-order valence-electron chi connectivity index (χ4n) is 2.92. The van der Waals surface area contributed by atoms with Gasteiger partial charge in [-0.15, -0.1) is 11.8 Å². The number of likely N-dealkylation sites (tertiary alicyclic amines) is 1. The number of anilines is 1. The molecule has 24 heavy (non-hydrogen) atoms. The molecule has 1 saturated heterocycles. The summed E-state index contributed by atoms with van der Waals surface area (Å²) in [6.07, 6.45) is 2.69. The van der Waals surface area contributed by atoms with Crippen LogP contribution in [0.4, 0.5) is 5.69 Å². The SMILES string of the molecule is O=C(CSc1ccc(Br)cc1)Nc1ccc(C[NH+]2CCCC2)cc1. The van der Waals surface area contributed by atoms with Crippen molar-refractivity contribution in [2.24, 2.45) is 0 Å². The van der Waals surface area contributed by atoms with Crippen molar-refractivity contribution in [3.8, 4) is 0 Å². The first kappa shape index (κ1) is 17.5. The van der Waals surface area contributed by atoms with Crippen LogP contribution in [0.3, 0.4) is 0 Å². The monoisotopic (exact) mass is 405 g/mol. The highest BCUT2D eigenvalue weighted by atomic mass is 79.9. The summed E-state index contributed by atoms with van der Waals surface area (Å²) in [5, 5.41) is 2.97. The van der Waals surface area contributed by atoms with E-state index in [0.717, 1.165) is 21.6 Å². The van der Waals surface area contributed by atoms with Gasteiger partial charge >= 0.3 is 0 Å². The molecule has 0 saturated carbocycles. The molecule has 1 aliphatic rings. The Morgan fingerprint density at radius 1 is 1.04 bits per heavy atom. The summed E-state index contributed by atoms with van der Waals surface area (Å²) in [5.41, 5.74) is 2.21. The molecule has 0 aromatic heterocycles. The van der Waals surface area contributed by atoms with Crippen molar-refractivity contribution in [3.63, 3.8) is 0 Å². The second-order valence-corrected chi connectivity index (χ2v) is 8.09. The van der Waals surface area contributed by atoms with Crippen LogP contribution in [-0.2, 0) is 11.3 Å². The number of nitrogens with one attached hydrogen (secondary N) is 2. The van der Waals surface area contributed by atoms with Crippen LogP contribution in [0.5, 0.6) is 0 Å². The van der Waals surface area contributed by atoms with Gasteiger partial charge in [0.25, 0.3) is 0 Å². The molecular formula is C19H22BrN2OS+. The molecular weight excluding hydrogens is 384 g/mol. The van der Waals surface area contributed by atoms with E-state index < -0.39 is 0 Å². The third kappa shape index (κ3) is 5.36. The molecule has 0 unspecified atom stereocenters. The van der Waals surface area contributed by atoms with E-state index in [9.17, 15) is 4.79 Å². The smallest absolute Gasteiger partial charge is 0.234 e. The highest BCUT2D eigenvalue weighted by molar-refractivity contribution is 9.10. The van der Waals surface area contributed by atoms with Crippen molar-refractivity contribution in [2.45, 2.75) is 24.3 Å². The first-order valence-corrected chi connectivity index (χ1v) is 10.1. The van der Waals surface area contributed by atoms with Crippen LogP contribution >= 0.6 is 27.7 Å². The molecule has 0 atom stereocenters. The lowest BCUT2D eigenvalue weighted by atomic mass is 10.2. The molecule has 1 heterocycles. The van der Waals surface area contributed by atoms with Crippen LogP contribution in [-0.4, -0.2) is 24.7 Å². The van der Waals surface area contributed by atoms with Gasteiger partial charge in [-0.2, -0.15) is 0 Å². The molecule has 0 bridgehead atoms. The van der Waals surface area contributed by atoms with E-state index in [4.69, 9.17) is 0 Å². The minimum atomic E-state index is 0.0286. The van der Waals surface area contributed by atoms with Crippen molar-refractivity contribution in [2.75, 3.05) is 24.2 Å². The summed E-state index contributed by atoms with van der Waals surface area (Å²) < 4.78 is 1.05. The van der Waals surface area contributed by atoms with E-state index in [0.29, 0.717) is 5.75 Å². The average Bonchev–Trinajstić information content (AvgIpc) is 3.09. The number of hydrogen-bond acceptors (Lipinski definition) is 2. The van der Waals surface area contributed by atoms with Gasteiger partial charge < -0.3 is 10.2 Å².